The molecule has 0 bridgehead atoms. The van der Waals surface area contributed by atoms with Gasteiger partial charge in [0.15, 0.2) is 5.82 Å². The molecule has 0 saturated carbocycles. The highest BCUT2D eigenvalue weighted by atomic mass is 16.5. The zero-order valence-electron chi connectivity index (χ0n) is 9.80. The molecule has 1 aliphatic heterocycles. The first-order valence-corrected chi connectivity index (χ1v) is 6.13. The lowest BCUT2D eigenvalue weighted by atomic mass is 10.0. The average Bonchev–Trinajstić information content (AvgIpc) is 2.69. The van der Waals surface area contributed by atoms with E-state index < -0.39 is 0 Å². The lowest BCUT2D eigenvalue weighted by Gasteiger charge is -2.22. The molecule has 4 nitrogen and oxygen atoms in total. The summed E-state index contributed by atoms with van der Waals surface area (Å²) < 4.78 is 7.42. The number of aromatic nitrogens is 2. The normalized spacial score (nSPS) is 17.6. The summed E-state index contributed by atoms with van der Waals surface area (Å²) in [5, 5.41) is 5.49. The Labute approximate surface area is 100 Å². The molecule has 0 aliphatic carbocycles. The summed E-state index contributed by atoms with van der Waals surface area (Å²) in [6, 6.07) is 8.14. The first kappa shape index (κ1) is 10.6. The van der Waals surface area contributed by atoms with Gasteiger partial charge in [-0.05, 0) is 30.9 Å². The molecule has 0 spiro atoms. The van der Waals surface area contributed by atoms with Gasteiger partial charge in [-0.25, -0.2) is 0 Å². The number of hydrogen-bond donors (Lipinski definition) is 1. The van der Waals surface area contributed by atoms with Crippen molar-refractivity contribution in [3.05, 3.63) is 24.3 Å². The van der Waals surface area contributed by atoms with Crippen molar-refractivity contribution in [2.75, 3.05) is 18.9 Å². The standard InChI is InChI=1S/C13H17N3O/c14-13-11-3-1-2-4-12(11)16(15-13)9-10-5-7-17-8-6-10/h1-4,10H,5-9H2,(H2,14,15). The molecule has 1 aromatic carbocycles. The Hall–Kier alpha value is -1.55. The zero-order valence-corrected chi connectivity index (χ0v) is 9.80. The smallest absolute Gasteiger partial charge is 0.153 e. The number of ether oxygens (including phenoxy) is 1. The fourth-order valence-corrected chi connectivity index (χ4v) is 2.47. The van der Waals surface area contributed by atoms with Crippen molar-refractivity contribution in [2.45, 2.75) is 19.4 Å². The van der Waals surface area contributed by atoms with Gasteiger partial charge in [0.05, 0.1) is 5.52 Å². The molecule has 0 unspecified atom stereocenters. The highest BCUT2D eigenvalue weighted by Crippen LogP contribution is 2.23. The second-order valence-electron chi connectivity index (χ2n) is 4.64. The molecule has 1 aromatic heterocycles. The van der Waals surface area contributed by atoms with Crippen LogP contribution in [0.1, 0.15) is 12.8 Å². The van der Waals surface area contributed by atoms with Crippen LogP contribution in [0.2, 0.25) is 0 Å². The first-order chi connectivity index (χ1) is 8.34. The van der Waals surface area contributed by atoms with Gasteiger partial charge in [-0.3, -0.25) is 4.68 Å². The van der Waals surface area contributed by atoms with Crippen LogP contribution in [-0.2, 0) is 11.3 Å². The molecule has 0 amide bonds. The van der Waals surface area contributed by atoms with Gasteiger partial charge in [-0.2, -0.15) is 5.10 Å². The summed E-state index contributed by atoms with van der Waals surface area (Å²) in [5.41, 5.74) is 7.06. The maximum atomic E-state index is 5.93. The van der Waals surface area contributed by atoms with E-state index in [9.17, 15) is 0 Å². The third-order valence-corrected chi connectivity index (χ3v) is 3.46. The van der Waals surface area contributed by atoms with E-state index in [0.29, 0.717) is 11.7 Å². The number of nitrogens with zero attached hydrogens (tertiary/aromatic N) is 2. The van der Waals surface area contributed by atoms with Crippen LogP contribution in [0.5, 0.6) is 0 Å². The molecule has 4 heteroatoms. The summed E-state index contributed by atoms with van der Waals surface area (Å²) in [4.78, 5) is 0. The molecular weight excluding hydrogens is 214 g/mol. The topological polar surface area (TPSA) is 53.1 Å². The molecule has 0 atom stereocenters. The van der Waals surface area contributed by atoms with E-state index in [2.05, 4.69) is 11.2 Å². The van der Waals surface area contributed by atoms with Crippen molar-refractivity contribution in [3.8, 4) is 0 Å². The number of rotatable bonds is 2. The molecule has 2 N–H and O–H groups in total. The van der Waals surface area contributed by atoms with Crippen molar-refractivity contribution in [2.24, 2.45) is 5.92 Å². The van der Waals surface area contributed by atoms with Crippen LogP contribution in [0.4, 0.5) is 5.82 Å². The zero-order chi connectivity index (χ0) is 11.7. The van der Waals surface area contributed by atoms with Crippen LogP contribution in [-0.4, -0.2) is 23.0 Å². The van der Waals surface area contributed by atoms with Crippen LogP contribution in [0.15, 0.2) is 24.3 Å². The van der Waals surface area contributed by atoms with Crippen LogP contribution in [0.3, 0.4) is 0 Å². The second kappa shape index (κ2) is 4.37. The van der Waals surface area contributed by atoms with E-state index in [1.165, 1.54) is 0 Å². The number of benzene rings is 1. The van der Waals surface area contributed by atoms with Gasteiger partial charge in [0.25, 0.3) is 0 Å². The van der Waals surface area contributed by atoms with Crippen LogP contribution >= 0.6 is 0 Å². The minimum Gasteiger partial charge on any atom is -0.382 e. The van der Waals surface area contributed by atoms with Gasteiger partial charge in [0, 0.05) is 25.1 Å². The minimum atomic E-state index is 0.632. The van der Waals surface area contributed by atoms with E-state index >= 15 is 0 Å². The summed E-state index contributed by atoms with van der Waals surface area (Å²) in [6.45, 7) is 2.69. The fraction of sp³-hybridized carbons (Fsp3) is 0.462. The molecule has 1 fully saturated rings. The lowest BCUT2D eigenvalue weighted by molar-refractivity contribution is 0.0606. The molecule has 2 heterocycles. The summed E-state index contributed by atoms with van der Waals surface area (Å²) in [7, 11) is 0. The van der Waals surface area contributed by atoms with Crippen molar-refractivity contribution < 1.29 is 4.74 Å². The fourth-order valence-electron chi connectivity index (χ4n) is 2.47. The molecular formula is C13H17N3O. The predicted molar refractivity (Wildman–Crippen MR) is 67.7 cm³/mol. The number of para-hydroxylation sites is 1. The Bertz CT molecular complexity index is 514. The summed E-state index contributed by atoms with van der Waals surface area (Å²) in [6.07, 6.45) is 2.24. The van der Waals surface area contributed by atoms with Crippen LogP contribution in [0, 0.1) is 5.92 Å². The minimum absolute atomic E-state index is 0.632. The highest BCUT2D eigenvalue weighted by Gasteiger charge is 2.16. The third-order valence-electron chi connectivity index (χ3n) is 3.46. The number of nitrogen functional groups attached to an aromatic ring is 1. The SMILES string of the molecule is Nc1nn(CC2CCOCC2)c2ccccc12. The van der Waals surface area contributed by atoms with Gasteiger partial charge in [0.1, 0.15) is 0 Å². The molecule has 0 radical (unpaired) electrons. The van der Waals surface area contributed by atoms with E-state index in [0.717, 1.165) is 43.5 Å². The lowest BCUT2D eigenvalue weighted by Crippen LogP contribution is -2.20. The molecule has 90 valence electrons. The largest absolute Gasteiger partial charge is 0.382 e. The summed E-state index contributed by atoms with van der Waals surface area (Å²) in [5.74, 6) is 1.29. The van der Waals surface area contributed by atoms with E-state index in [1.54, 1.807) is 0 Å². The maximum Gasteiger partial charge on any atom is 0.153 e. The molecule has 1 saturated heterocycles. The van der Waals surface area contributed by atoms with Crippen molar-refractivity contribution in [1.82, 2.24) is 9.78 Å². The molecule has 1 aliphatic rings. The number of hydrogen-bond acceptors (Lipinski definition) is 3. The van der Waals surface area contributed by atoms with E-state index in [1.807, 2.05) is 22.9 Å². The molecule has 2 aromatic rings. The van der Waals surface area contributed by atoms with E-state index in [-0.39, 0.29) is 0 Å². The Balaban J connectivity index is 1.89. The second-order valence-corrected chi connectivity index (χ2v) is 4.64. The van der Waals surface area contributed by atoms with Crippen molar-refractivity contribution in [1.29, 1.82) is 0 Å². The Kier molecular flexibility index (Phi) is 2.73. The average molecular weight is 231 g/mol. The van der Waals surface area contributed by atoms with Crippen LogP contribution in [0.25, 0.3) is 10.9 Å². The third kappa shape index (κ3) is 2.00. The van der Waals surface area contributed by atoms with Gasteiger partial charge in [0.2, 0.25) is 0 Å². The van der Waals surface area contributed by atoms with Gasteiger partial charge in [-0.1, -0.05) is 12.1 Å². The van der Waals surface area contributed by atoms with Crippen molar-refractivity contribution >= 4 is 16.7 Å². The number of nitrogens with two attached hydrogens (primary N) is 1. The Morgan fingerprint density at radius 1 is 1.29 bits per heavy atom. The monoisotopic (exact) mass is 231 g/mol. The van der Waals surface area contributed by atoms with Crippen molar-refractivity contribution in [3.63, 3.8) is 0 Å². The Morgan fingerprint density at radius 2 is 2.06 bits per heavy atom. The quantitative estimate of drug-likeness (QED) is 0.860. The van der Waals surface area contributed by atoms with Gasteiger partial charge >= 0.3 is 0 Å². The number of fused-ring (bicyclic) bond motifs is 1. The van der Waals surface area contributed by atoms with Gasteiger partial charge in [-0.15, -0.1) is 0 Å². The van der Waals surface area contributed by atoms with E-state index in [4.69, 9.17) is 10.5 Å². The number of anilines is 1. The predicted octanol–water partition coefficient (Wildman–Crippen LogP) is 2.05. The first-order valence-electron chi connectivity index (χ1n) is 6.13. The summed E-state index contributed by atoms with van der Waals surface area (Å²) >= 11 is 0. The molecule has 17 heavy (non-hydrogen) atoms. The van der Waals surface area contributed by atoms with Crippen LogP contribution < -0.4 is 5.73 Å². The highest BCUT2D eigenvalue weighted by molar-refractivity contribution is 5.88. The molecule has 3 rings (SSSR count). The maximum absolute atomic E-state index is 5.93. The van der Waals surface area contributed by atoms with Gasteiger partial charge < -0.3 is 10.5 Å². The Morgan fingerprint density at radius 3 is 2.88 bits per heavy atom.